The summed E-state index contributed by atoms with van der Waals surface area (Å²) in [4.78, 5) is 26.1. The van der Waals surface area contributed by atoms with Crippen molar-refractivity contribution < 1.29 is 4.42 Å². The highest BCUT2D eigenvalue weighted by Gasteiger charge is 2.12. The Morgan fingerprint density at radius 2 is 2.05 bits per heavy atom. The average Bonchev–Trinajstić information content (AvgIpc) is 2.84. The van der Waals surface area contributed by atoms with Gasteiger partial charge in [0, 0.05) is 24.7 Å². The second-order valence-electron chi connectivity index (χ2n) is 4.29. The molecule has 0 spiro atoms. The van der Waals surface area contributed by atoms with Gasteiger partial charge in [-0.1, -0.05) is 18.7 Å². The van der Waals surface area contributed by atoms with Gasteiger partial charge in [-0.2, -0.15) is 0 Å². The number of aromatic amines is 1. The summed E-state index contributed by atoms with van der Waals surface area (Å²) in [5, 5.41) is 8.37. The lowest BCUT2D eigenvalue weighted by Crippen LogP contribution is -2.36. The molecule has 2 heterocycles. The number of H-pyrrole nitrogens is 1. The summed E-state index contributed by atoms with van der Waals surface area (Å²) in [6.45, 7) is 3.71. The van der Waals surface area contributed by atoms with Crippen LogP contribution in [0.1, 0.15) is 24.1 Å². The predicted molar refractivity (Wildman–Crippen MR) is 75.1 cm³/mol. The first-order valence-electron chi connectivity index (χ1n) is 6.27. The van der Waals surface area contributed by atoms with E-state index in [0.29, 0.717) is 35.2 Å². The molecule has 0 bridgehead atoms. The third-order valence-electron chi connectivity index (χ3n) is 2.92. The number of hydrogen-bond acceptors (Lipinski definition) is 6. The first kappa shape index (κ1) is 14.6. The monoisotopic (exact) mass is 296 g/mol. The first-order valence-corrected chi connectivity index (χ1v) is 7.25. The molecule has 0 radical (unpaired) electrons. The molecule has 7 nitrogen and oxygen atoms in total. The van der Waals surface area contributed by atoms with Crippen LogP contribution in [-0.2, 0) is 19.9 Å². The molecular weight excluding hydrogens is 280 g/mol. The van der Waals surface area contributed by atoms with Crippen LogP contribution in [0.15, 0.2) is 19.2 Å². The van der Waals surface area contributed by atoms with Crippen molar-refractivity contribution in [2.45, 2.75) is 31.9 Å². The zero-order valence-electron chi connectivity index (χ0n) is 11.6. The molecule has 0 aliphatic heterocycles. The van der Waals surface area contributed by atoms with Gasteiger partial charge in [-0.05, 0) is 19.1 Å². The normalized spacial score (nSPS) is 10.9. The van der Waals surface area contributed by atoms with Crippen LogP contribution in [0.25, 0.3) is 0 Å². The van der Waals surface area contributed by atoms with E-state index in [2.05, 4.69) is 15.2 Å². The number of aryl methyl sites for hydroxylation is 2. The Bertz CT molecular complexity index is 716. The predicted octanol–water partition coefficient (Wildman–Crippen LogP) is 0.662. The summed E-state index contributed by atoms with van der Waals surface area (Å²) in [7, 11) is 1.45. The van der Waals surface area contributed by atoms with Gasteiger partial charge >= 0.3 is 5.69 Å². The van der Waals surface area contributed by atoms with Crippen LogP contribution >= 0.6 is 11.8 Å². The second kappa shape index (κ2) is 6.08. The van der Waals surface area contributed by atoms with Gasteiger partial charge in [0.2, 0.25) is 5.89 Å². The molecule has 0 saturated heterocycles. The molecule has 8 heteroatoms. The minimum absolute atomic E-state index is 0.283. The van der Waals surface area contributed by atoms with Crippen molar-refractivity contribution >= 4 is 11.8 Å². The zero-order valence-corrected chi connectivity index (χ0v) is 12.4. The quantitative estimate of drug-likeness (QED) is 0.815. The van der Waals surface area contributed by atoms with Crippen molar-refractivity contribution in [1.82, 2.24) is 19.7 Å². The first-order chi connectivity index (χ1) is 9.52. The van der Waals surface area contributed by atoms with Crippen molar-refractivity contribution in [3.63, 3.8) is 0 Å². The molecule has 0 unspecified atom stereocenters. The summed E-state index contributed by atoms with van der Waals surface area (Å²) in [6, 6.07) is 0. The third-order valence-corrected chi connectivity index (χ3v) is 3.62. The van der Waals surface area contributed by atoms with E-state index in [1.54, 1.807) is 6.92 Å². The molecule has 0 aliphatic carbocycles. The number of thioether (sulfide) groups is 1. The van der Waals surface area contributed by atoms with E-state index in [0.717, 1.165) is 10.3 Å². The lowest BCUT2D eigenvalue weighted by molar-refractivity contribution is 0.412. The Labute approximate surface area is 119 Å². The Hall–Kier alpha value is -1.83. The molecule has 2 aromatic heterocycles. The van der Waals surface area contributed by atoms with Crippen molar-refractivity contribution in [1.29, 1.82) is 0 Å². The van der Waals surface area contributed by atoms with Gasteiger partial charge in [0.05, 0.1) is 0 Å². The molecule has 0 fully saturated rings. The van der Waals surface area contributed by atoms with Gasteiger partial charge in [-0.25, -0.2) is 4.79 Å². The Morgan fingerprint density at radius 3 is 2.75 bits per heavy atom. The summed E-state index contributed by atoms with van der Waals surface area (Å²) >= 11 is 1.47. The van der Waals surface area contributed by atoms with Crippen LogP contribution in [-0.4, -0.2) is 25.5 Å². The zero-order chi connectivity index (χ0) is 14.7. The highest BCUT2D eigenvalue weighted by molar-refractivity contribution is 7.99. The van der Waals surface area contributed by atoms with E-state index in [1.165, 1.54) is 18.8 Å². The van der Waals surface area contributed by atoms with Gasteiger partial charge in [-0.3, -0.25) is 9.36 Å². The number of rotatable bonds is 5. The van der Waals surface area contributed by atoms with E-state index in [1.807, 2.05) is 6.92 Å². The Morgan fingerprint density at radius 1 is 1.30 bits per heavy atom. The highest BCUT2D eigenvalue weighted by Crippen LogP contribution is 2.15. The largest absolute Gasteiger partial charge is 0.416 e. The van der Waals surface area contributed by atoms with Gasteiger partial charge in [0.25, 0.3) is 10.8 Å². The molecule has 0 aromatic carbocycles. The topological polar surface area (TPSA) is 93.8 Å². The van der Waals surface area contributed by atoms with E-state index in [4.69, 9.17) is 4.42 Å². The third kappa shape index (κ3) is 3.01. The molecule has 108 valence electrons. The number of nitrogens with zero attached hydrogens (tertiary/aromatic N) is 3. The van der Waals surface area contributed by atoms with Gasteiger partial charge < -0.3 is 9.40 Å². The van der Waals surface area contributed by atoms with E-state index >= 15 is 0 Å². The van der Waals surface area contributed by atoms with Crippen molar-refractivity contribution in [3.8, 4) is 0 Å². The van der Waals surface area contributed by atoms with Crippen molar-refractivity contribution in [2.75, 3.05) is 5.75 Å². The Balaban J connectivity index is 2.16. The maximum atomic E-state index is 12.0. The second-order valence-corrected chi connectivity index (χ2v) is 5.51. The molecule has 20 heavy (non-hydrogen) atoms. The van der Waals surface area contributed by atoms with E-state index in [-0.39, 0.29) is 5.56 Å². The minimum atomic E-state index is -0.407. The summed E-state index contributed by atoms with van der Waals surface area (Å²) in [6.07, 6.45) is 0.924. The molecule has 2 aromatic rings. The molecule has 1 N–H and O–H groups in total. The number of hydrogen-bond donors (Lipinski definition) is 1. The van der Waals surface area contributed by atoms with Crippen LogP contribution in [0.5, 0.6) is 0 Å². The molecule has 0 amide bonds. The van der Waals surface area contributed by atoms with Gasteiger partial charge in [0.1, 0.15) is 0 Å². The molecule has 2 rings (SSSR count). The fraction of sp³-hybridized carbons (Fsp3) is 0.500. The lowest BCUT2D eigenvalue weighted by Gasteiger charge is -2.05. The molecule has 0 atom stereocenters. The maximum absolute atomic E-state index is 12.0. The van der Waals surface area contributed by atoms with E-state index in [9.17, 15) is 9.59 Å². The maximum Gasteiger partial charge on any atom is 0.328 e. The molecule has 0 aliphatic rings. The Kier molecular flexibility index (Phi) is 4.43. The van der Waals surface area contributed by atoms with Gasteiger partial charge in [0.15, 0.2) is 0 Å². The average molecular weight is 296 g/mol. The smallest absolute Gasteiger partial charge is 0.328 e. The SMILES string of the molecule is CCSc1nnc(CCc2c(C)[nH]c(=O)n(C)c2=O)o1. The molecular formula is C12H16N4O3S. The van der Waals surface area contributed by atoms with Gasteiger partial charge in [-0.15, -0.1) is 10.2 Å². The summed E-state index contributed by atoms with van der Waals surface area (Å²) in [5.74, 6) is 1.36. The van der Waals surface area contributed by atoms with Crippen LogP contribution in [0.2, 0.25) is 0 Å². The standard InChI is InChI=1S/C12H16N4O3S/c1-4-20-12-15-14-9(19-12)6-5-8-7(2)13-11(18)16(3)10(8)17/h4-6H2,1-3H3,(H,13,18). The van der Waals surface area contributed by atoms with Crippen LogP contribution < -0.4 is 11.2 Å². The van der Waals surface area contributed by atoms with Crippen molar-refractivity contribution in [2.24, 2.45) is 7.05 Å². The summed E-state index contributed by atoms with van der Waals surface area (Å²) < 4.78 is 6.50. The van der Waals surface area contributed by atoms with Crippen molar-refractivity contribution in [3.05, 3.63) is 38.0 Å². The fourth-order valence-corrected chi connectivity index (χ4v) is 2.32. The fourth-order valence-electron chi connectivity index (χ4n) is 1.82. The van der Waals surface area contributed by atoms with Crippen LogP contribution in [0.4, 0.5) is 0 Å². The lowest BCUT2D eigenvalue weighted by atomic mass is 10.1. The van der Waals surface area contributed by atoms with E-state index < -0.39 is 5.69 Å². The van der Waals surface area contributed by atoms with Crippen LogP contribution in [0.3, 0.4) is 0 Å². The summed E-state index contributed by atoms with van der Waals surface area (Å²) in [5.41, 5.74) is 0.459. The number of nitrogens with one attached hydrogen (secondary N) is 1. The van der Waals surface area contributed by atoms with Crippen LogP contribution in [0, 0.1) is 6.92 Å². The number of aromatic nitrogens is 4. The minimum Gasteiger partial charge on any atom is -0.416 e. The highest BCUT2D eigenvalue weighted by atomic mass is 32.2. The molecule has 0 saturated carbocycles.